The van der Waals surface area contributed by atoms with E-state index in [9.17, 15) is 9.59 Å². The molecule has 262 valence electrons. The van der Waals surface area contributed by atoms with Gasteiger partial charge >= 0.3 is 5.97 Å². The van der Waals surface area contributed by atoms with Crippen molar-refractivity contribution in [2.24, 2.45) is 5.73 Å². The first-order chi connectivity index (χ1) is 23.4. The molecular formula is C34H53N11O3. The quantitative estimate of drug-likeness (QED) is 0.0927. The molecule has 0 spiro atoms. The van der Waals surface area contributed by atoms with E-state index in [-0.39, 0.29) is 30.8 Å². The molecule has 0 unspecified atom stereocenters. The number of nitrogens with two attached hydrogens (primary N) is 1. The number of nitrogens with one attached hydrogen (secondary N) is 5. The van der Waals surface area contributed by atoms with Gasteiger partial charge in [0.1, 0.15) is 17.6 Å². The standard InChI is InChI=1S/C34H53N11O3/c35-29(33(47)48)16-17-31(46)39-25-12-14-26(15-13-25)40-32-28-10-4-5-11-30(28)41-34(42-32)38-22-27-23-45(44-43-27)21-7-19-36-18-6-20-37-24-8-2-1-3-9-24/h4-5,10-11,23-26,29,36-37H,1-3,6-9,12-22,35H2,(H,39,46)(H,47,48)(H2,38,40,41,42)/t25?,26?,29-/m0/s1. The second kappa shape index (κ2) is 18.6. The van der Waals surface area contributed by atoms with Crippen LogP contribution in [0.25, 0.3) is 10.9 Å². The van der Waals surface area contributed by atoms with E-state index < -0.39 is 12.0 Å². The van der Waals surface area contributed by atoms with Gasteiger partial charge in [-0.2, -0.15) is 4.98 Å². The van der Waals surface area contributed by atoms with Crippen LogP contribution < -0.4 is 32.3 Å². The van der Waals surface area contributed by atoms with Gasteiger partial charge in [0.05, 0.1) is 18.3 Å². The van der Waals surface area contributed by atoms with E-state index in [0.29, 0.717) is 12.5 Å². The number of amides is 1. The van der Waals surface area contributed by atoms with Crippen molar-refractivity contribution in [1.82, 2.24) is 40.9 Å². The Morgan fingerprint density at radius 3 is 2.52 bits per heavy atom. The molecule has 2 aromatic heterocycles. The average Bonchev–Trinajstić information content (AvgIpc) is 3.56. The number of aliphatic carboxylic acids is 1. The minimum Gasteiger partial charge on any atom is -0.480 e. The number of anilines is 2. The van der Waals surface area contributed by atoms with Crippen molar-refractivity contribution < 1.29 is 14.7 Å². The van der Waals surface area contributed by atoms with Gasteiger partial charge in [-0.15, -0.1) is 5.10 Å². The molecule has 0 bridgehead atoms. The third kappa shape index (κ3) is 11.4. The smallest absolute Gasteiger partial charge is 0.320 e. The molecule has 0 aliphatic heterocycles. The molecule has 2 aliphatic carbocycles. The molecule has 1 atom stereocenters. The van der Waals surface area contributed by atoms with E-state index in [2.05, 4.69) is 36.9 Å². The number of hydrogen-bond donors (Lipinski definition) is 7. The maximum Gasteiger partial charge on any atom is 0.320 e. The molecule has 2 fully saturated rings. The predicted molar refractivity (Wildman–Crippen MR) is 187 cm³/mol. The van der Waals surface area contributed by atoms with Gasteiger partial charge < -0.3 is 37.4 Å². The van der Waals surface area contributed by atoms with Crippen LogP contribution in [-0.2, 0) is 22.7 Å². The topological polar surface area (TPSA) is 197 Å². The molecule has 2 heterocycles. The molecule has 14 heteroatoms. The second-order valence-corrected chi connectivity index (χ2v) is 13.2. The van der Waals surface area contributed by atoms with E-state index in [1.807, 2.05) is 35.1 Å². The molecule has 48 heavy (non-hydrogen) atoms. The van der Waals surface area contributed by atoms with Gasteiger partial charge in [-0.1, -0.05) is 36.6 Å². The summed E-state index contributed by atoms with van der Waals surface area (Å²) in [5.41, 5.74) is 7.20. The molecule has 2 saturated carbocycles. The summed E-state index contributed by atoms with van der Waals surface area (Å²) in [4.78, 5) is 32.8. The number of carboxylic acid groups (broad SMARTS) is 1. The largest absolute Gasteiger partial charge is 0.480 e. The summed E-state index contributed by atoms with van der Waals surface area (Å²) in [5, 5.41) is 35.8. The van der Waals surface area contributed by atoms with Crippen LogP contribution in [0.4, 0.5) is 11.8 Å². The Bertz CT molecular complexity index is 1440. The molecule has 1 amide bonds. The maximum absolute atomic E-state index is 12.3. The Labute approximate surface area is 282 Å². The Hall–Kier alpha value is -3.88. The molecular weight excluding hydrogens is 610 g/mol. The monoisotopic (exact) mass is 663 g/mol. The lowest BCUT2D eigenvalue weighted by Gasteiger charge is -2.30. The molecule has 1 aromatic carbocycles. The van der Waals surface area contributed by atoms with E-state index >= 15 is 0 Å². The lowest BCUT2D eigenvalue weighted by atomic mass is 9.91. The molecule has 3 aromatic rings. The van der Waals surface area contributed by atoms with Crippen molar-refractivity contribution in [3.8, 4) is 0 Å². The van der Waals surface area contributed by atoms with Crippen molar-refractivity contribution in [3.05, 3.63) is 36.2 Å². The number of fused-ring (bicyclic) bond motifs is 1. The number of hydrogen-bond acceptors (Lipinski definition) is 11. The number of aryl methyl sites for hydroxylation is 1. The Morgan fingerprint density at radius 1 is 0.938 bits per heavy atom. The first-order valence-corrected chi connectivity index (χ1v) is 17.8. The molecule has 5 rings (SSSR count). The van der Waals surface area contributed by atoms with Crippen LogP contribution in [0.15, 0.2) is 30.5 Å². The summed E-state index contributed by atoms with van der Waals surface area (Å²) in [5.74, 6) is 0.0592. The molecule has 8 N–H and O–H groups in total. The van der Waals surface area contributed by atoms with Crippen LogP contribution in [-0.4, -0.2) is 85.7 Å². The molecule has 2 aliphatic rings. The second-order valence-electron chi connectivity index (χ2n) is 13.2. The van der Waals surface area contributed by atoms with Gasteiger partial charge in [0.25, 0.3) is 0 Å². The maximum atomic E-state index is 12.3. The van der Waals surface area contributed by atoms with Crippen LogP contribution in [0.2, 0.25) is 0 Å². The van der Waals surface area contributed by atoms with Gasteiger partial charge in [-0.3, -0.25) is 14.3 Å². The Morgan fingerprint density at radius 2 is 1.71 bits per heavy atom. The highest BCUT2D eigenvalue weighted by Crippen LogP contribution is 2.27. The van der Waals surface area contributed by atoms with Crippen LogP contribution >= 0.6 is 0 Å². The van der Waals surface area contributed by atoms with E-state index in [4.69, 9.17) is 20.8 Å². The SMILES string of the molecule is N[C@@H](CCC(=O)NC1CCC(Nc2nc(NCc3cn(CCCNCCCNC4CCCCC4)nn3)nc3ccccc23)CC1)C(=O)O. The average molecular weight is 664 g/mol. The predicted octanol–water partition coefficient (Wildman–Crippen LogP) is 3.16. The van der Waals surface area contributed by atoms with Crippen molar-refractivity contribution in [3.63, 3.8) is 0 Å². The number of carbonyl (C=O) groups is 2. The summed E-state index contributed by atoms with van der Waals surface area (Å²) < 4.78 is 1.89. The zero-order valence-corrected chi connectivity index (χ0v) is 28.0. The van der Waals surface area contributed by atoms with E-state index in [1.165, 1.54) is 32.1 Å². The molecule has 14 nitrogen and oxygen atoms in total. The lowest BCUT2D eigenvalue weighted by Crippen LogP contribution is -2.41. The van der Waals surface area contributed by atoms with Gasteiger partial charge in [-0.25, -0.2) is 4.98 Å². The summed E-state index contributed by atoms with van der Waals surface area (Å²) in [6.45, 7) is 4.35. The van der Waals surface area contributed by atoms with Crippen LogP contribution in [0.3, 0.4) is 0 Å². The van der Waals surface area contributed by atoms with Crippen LogP contribution in [0, 0.1) is 0 Å². The third-order valence-electron chi connectivity index (χ3n) is 9.36. The van der Waals surface area contributed by atoms with Gasteiger partial charge in [0, 0.05) is 36.5 Å². The van der Waals surface area contributed by atoms with Crippen molar-refractivity contribution in [2.75, 3.05) is 30.3 Å². The number of carbonyl (C=O) groups excluding carboxylic acids is 1. The summed E-state index contributed by atoms with van der Waals surface area (Å²) in [6, 6.07) is 7.93. The molecule has 0 saturated heterocycles. The van der Waals surface area contributed by atoms with Gasteiger partial charge in [0.2, 0.25) is 11.9 Å². The number of benzene rings is 1. The summed E-state index contributed by atoms with van der Waals surface area (Å²) in [7, 11) is 0. The first-order valence-electron chi connectivity index (χ1n) is 17.8. The van der Waals surface area contributed by atoms with E-state index in [1.54, 1.807) is 0 Å². The Kier molecular flexibility index (Phi) is 13.7. The highest BCUT2D eigenvalue weighted by molar-refractivity contribution is 5.90. The fourth-order valence-corrected chi connectivity index (χ4v) is 6.57. The molecule has 0 radical (unpaired) electrons. The number of para-hydroxylation sites is 1. The minimum absolute atomic E-state index is 0.0684. The lowest BCUT2D eigenvalue weighted by molar-refractivity contribution is -0.138. The Balaban J connectivity index is 1.02. The van der Waals surface area contributed by atoms with Crippen molar-refractivity contribution in [2.45, 2.75) is 121 Å². The zero-order valence-electron chi connectivity index (χ0n) is 28.0. The first kappa shape index (κ1) is 35.4. The summed E-state index contributed by atoms with van der Waals surface area (Å²) in [6.07, 6.45) is 14.6. The summed E-state index contributed by atoms with van der Waals surface area (Å²) >= 11 is 0. The van der Waals surface area contributed by atoms with E-state index in [0.717, 1.165) is 93.2 Å². The van der Waals surface area contributed by atoms with Gasteiger partial charge in [-0.05, 0) is 89.6 Å². The fourth-order valence-electron chi connectivity index (χ4n) is 6.57. The number of rotatable bonds is 19. The normalized spacial score (nSPS) is 19.2. The van der Waals surface area contributed by atoms with Crippen molar-refractivity contribution in [1.29, 1.82) is 0 Å². The number of carboxylic acids is 1. The highest BCUT2D eigenvalue weighted by atomic mass is 16.4. The number of nitrogens with zero attached hydrogens (tertiary/aromatic N) is 5. The third-order valence-corrected chi connectivity index (χ3v) is 9.36. The highest BCUT2D eigenvalue weighted by Gasteiger charge is 2.24. The van der Waals surface area contributed by atoms with Gasteiger partial charge in [0.15, 0.2) is 0 Å². The zero-order chi connectivity index (χ0) is 33.6. The van der Waals surface area contributed by atoms with Crippen LogP contribution in [0.1, 0.15) is 89.2 Å². The van der Waals surface area contributed by atoms with Crippen molar-refractivity contribution >= 4 is 34.5 Å². The van der Waals surface area contributed by atoms with Crippen LogP contribution in [0.5, 0.6) is 0 Å². The number of aromatic nitrogens is 5. The fraction of sp³-hybridized carbons (Fsp3) is 0.647. The minimum atomic E-state index is -1.09.